The molecule has 2 unspecified atom stereocenters. The summed E-state index contributed by atoms with van der Waals surface area (Å²) >= 11 is 0. The number of nitrogens with zero attached hydrogens (tertiary/aromatic N) is 1. The van der Waals surface area contributed by atoms with E-state index in [2.05, 4.69) is 37.1 Å². The maximum Gasteiger partial charge on any atom is 0.0587 e. The van der Waals surface area contributed by atoms with E-state index in [0.29, 0.717) is 12.0 Å². The van der Waals surface area contributed by atoms with Gasteiger partial charge in [-0.15, -0.1) is 0 Å². The number of nitrogens with two attached hydrogens (primary N) is 1. The van der Waals surface area contributed by atoms with Crippen molar-refractivity contribution in [2.45, 2.75) is 13.0 Å². The molecule has 0 saturated carbocycles. The summed E-state index contributed by atoms with van der Waals surface area (Å²) in [6.07, 6.45) is 8.57. The first kappa shape index (κ1) is 7.47. The Morgan fingerprint density at radius 3 is 2.92 bits per heavy atom. The maximum atomic E-state index is 5.72. The Hall–Kier alpha value is -1.18. The molecule has 2 nitrogen and oxygen atoms in total. The van der Waals surface area contributed by atoms with Crippen LogP contribution in [-0.2, 0) is 0 Å². The van der Waals surface area contributed by atoms with Gasteiger partial charge in [0.2, 0.25) is 0 Å². The zero-order chi connectivity index (χ0) is 8.72. The van der Waals surface area contributed by atoms with Crippen LogP contribution in [-0.4, -0.2) is 18.0 Å². The van der Waals surface area contributed by atoms with Crippen molar-refractivity contribution in [3.63, 3.8) is 0 Å². The average molecular weight is 162 g/mol. The zero-order valence-electron chi connectivity index (χ0n) is 7.49. The fraction of sp³-hybridized carbons (Fsp3) is 0.400. The largest absolute Gasteiger partial charge is 0.399 e. The second-order valence-electron chi connectivity index (χ2n) is 3.51. The van der Waals surface area contributed by atoms with Crippen LogP contribution < -0.4 is 5.73 Å². The van der Waals surface area contributed by atoms with Crippen LogP contribution in [0.15, 0.2) is 35.7 Å². The van der Waals surface area contributed by atoms with Gasteiger partial charge in [0.15, 0.2) is 0 Å². The minimum atomic E-state index is 0.454. The van der Waals surface area contributed by atoms with Gasteiger partial charge in [0, 0.05) is 24.4 Å². The van der Waals surface area contributed by atoms with E-state index in [-0.39, 0.29) is 0 Å². The van der Waals surface area contributed by atoms with Crippen LogP contribution in [0.4, 0.5) is 0 Å². The van der Waals surface area contributed by atoms with Gasteiger partial charge < -0.3 is 10.6 Å². The van der Waals surface area contributed by atoms with Crippen LogP contribution in [0.1, 0.15) is 6.92 Å². The van der Waals surface area contributed by atoms with Gasteiger partial charge in [-0.3, -0.25) is 0 Å². The van der Waals surface area contributed by atoms with Gasteiger partial charge in [0.1, 0.15) is 0 Å². The summed E-state index contributed by atoms with van der Waals surface area (Å²) in [6, 6.07) is 0.454. The molecule has 1 aliphatic heterocycles. The second-order valence-corrected chi connectivity index (χ2v) is 3.51. The number of hydrogen-bond acceptors (Lipinski definition) is 2. The van der Waals surface area contributed by atoms with Gasteiger partial charge in [-0.05, 0) is 19.1 Å². The predicted octanol–water partition coefficient (Wildman–Crippen LogP) is 1.23. The predicted molar refractivity (Wildman–Crippen MR) is 50.2 cm³/mol. The van der Waals surface area contributed by atoms with Crippen molar-refractivity contribution in [3.8, 4) is 0 Å². The lowest BCUT2D eigenvalue weighted by atomic mass is 9.96. The van der Waals surface area contributed by atoms with Crippen molar-refractivity contribution in [1.29, 1.82) is 0 Å². The van der Waals surface area contributed by atoms with Gasteiger partial charge in [-0.25, -0.2) is 0 Å². The van der Waals surface area contributed by atoms with E-state index in [9.17, 15) is 0 Å². The van der Waals surface area contributed by atoms with Crippen molar-refractivity contribution < 1.29 is 0 Å². The number of hydrogen-bond donors (Lipinski definition) is 1. The summed E-state index contributed by atoms with van der Waals surface area (Å²) in [5.74, 6) is 0.530. The molecule has 0 aromatic carbocycles. The summed E-state index contributed by atoms with van der Waals surface area (Å²) in [4.78, 5) is 2.26. The minimum Gasteiger partial charge on any atom is -0.399 e. The van der Waals surface area contributed by atoms with E-state index in [1.54, 1.807) is 0 Å². The van der Waals surface area contributed by atoms with Crippen molar-refractivity contribution in [2.75, 3.05) is 7.05 Å². The number of likely N-dealkylation sites (N-methyl/N-ethyl adjacent to an activating group) is 1. The fourth-order valence-corrected chi connectivity index (χ4v) is 1.86. The molecular weight excluding hydrogens is 148 g/mol. The lowest BCUT2D eigenvalue weighted by Gasteiger charge is -2.26. The van der Waals surface area contributed by atoms with E-state index in [1.807, 2.05) is 6.08 Å². The Labute approximate surface area is 73.0 Å². The Bertz CT molecular complexity index is 286. The molecule has 1 heterocycles. The van der Waals surface area contributed by atoms with E-state index in [4.69, 9.17) is 5.73 Å². The minimum absolute atomic E-state index is 0.454. The molecular formula is C10H14N2. The molecule has 1 aliphatic carbocycles. The first-order chi connectivity index (χ1) is 5.68. The summed E-state index contributed by atoms with van der Waals surface area (Å²) in [7, 11) is 2.11. The molecule has 2 aliphatic rings. The van der Waals surface area contributed by atoms with Crippen molar-refractivity contribution >= 4 is 0 Å². The number of rotatable bonds is 0. The molecule has 12 heavy (non-hydrogen) atoms. The maximum absolute atomic E-state index is 5.72. The van der Waals surface area contributed by atoms with E-state index in [0.717, 1.165) is 5.70 Å². The van der Waals surface area contributed by atoms with Gasteiger partial charge >= 0.3 is 0 Å². The summed E-state index contributed by atoms with van der Waals surface area (Å²) in [5.41, 5.74) is 7.94. The molecule has 0 spiro atoms. The smallest absolute Gasteiger partial charge is 0.0587 e. The topological polar surface area (TPSA) is 29.3 Å². The molecule has 0 fully saturated rings. The Morgan fingerprint density at radius 1 is 1.42 bits per heavy atom. The van der Waals surface area contributed by atoms with Crippen LogP contribution >= 0.6 is 0 Å². The third-order valence-electron chi connectivity index (χ3n) is 2.71. The zero-order valence-corrected chi connectivity index (χ0v) is 7.49. The van der Waals surface area contributed by atoms with Crippen LogP contribution in [0.3, 0.4) is 0 Å². The Kier molecular flexibility index (Phi) is 1.50. The first-order valence-corrected chi connectivity index (χ1v) is 4.25. The van der Waals surface area contributed by atoms with E-state index in [1.165, 1.54) is 5.70 Å². The van der Waals surface area contributed by atoms with Gasteiger partial charge in [-0.2, -0.15) is 0 Å². The highest BCUT2D eigenvalue weighted by Crippen LogP contribution is 2.30. The Morgan fingerprint density at radius 2 is 2.17 bits per heavy atom. The van der Waals surface area contributed by atoms with E-state index >= 15 is 0 Å². The number of fused-ring (bicyclic) bond motifs is 1. The molecule has 0 bridgehead atoms. The molecule has 0 amide bonds. The third kappa shape index (κ3) is 0.951. The van der Waals surface area contributed by atoms with Gasteiger partial charge in [0.25, 0.3) is 0 Å². The monoisotopic (exact) mass is 162 g/mol. The Balaban J connectivity index is 2.30. The molecule has 0 saturated heterocycles. The lowest BCUT2D eigenvalue weighted by Crippen LogP contribution is -2.30. The fourth-order valence-electron chi connectivity index (χ4n) is 1.86. The molecule has 0 aromatic heterocycles. The van der Waals surface area contributed by atoms with Crippen LogP contribution in [0.5, 0.6) is 0 Å². The van der Waals surface area contributed by atoms with Gasteiger partial charge in [0.05, 0.1) is 6.04 Å². The van der Waals surface area contributed by atoms with Crippen LogP contribution in [0, 0.1) is 5.92 Å². The van der Waals surface area contributed by atoms with E-state index < -0.39 is 0 Å². The average Bonchev–Trinajstić information content (AvgIpc) is 2.31. The lowest BCUT2D eigenvalue weighted by molar-refractivity contribution is 0.355. The SMILES string of the molecule is CC1=CC2C=CC(N)=CC2N1C. The first-order valence-electron chi connectivity index (χ1n) is 4.25. The van der Waals surface area contributed by atoms with Gasteiger partial charge in [-0.1, -0.05) is 12.2 Å². The quantitative estimate of drug-likeness (QED) is 0.580. The van der Waals surface area contributed by atoms with Crippen molar-refractivity contribution in [2.24, 2.45) is 11.7 Å². The summed E-state index contributed by atoms with van der Waals surface area (Å²) < 4.78 is 0. The highest BCUT2D eigenvalue weighted by Gasteiger charge is 2.28. The summed E-state index contributed by atoms with van der Waals surface area (Å²) in [5, 5.41) is 0. The van der Waals surface area contributed by atoms with Crippen LogP contribution in [0.2, 0.25) is 0 Å². The van der Waals surface area contributed by atoms with Crippen molar-refractivity contribution in [3.05, 3.63) is 35.7 Å². The highest BCUT2D eigenvalue weighted by atomic mass is 15.2. The standard InChI is InChI=1S/C10H14N2/c1-7-5-8-3-4-9(11)6-10(8)12(7)2/h3-6,8,10H,11H2,1-2H3. The normalized spacial score (nSPS) is 33.0. The summed E-state index contributed by atoms with van der Waals surface area (Å²) in [6.45, 7) is 2.14. The third-order valence-corrected chi connectivity index (χ3v) is 2.71. The van der Waals surface area contributed by atoms with Crippen molar-refractivity contribution in [1.82, 2.24) is 4.90 Å². The molecule has 64 valence electrons. The molecule has 0 aromatic rings. The molecule has 2 rings (SSSR count). The highest BCUT2D eigenvalue weighted by molar-refractivity contribution is 5.32. The molecule has 2 N–H and O–H groups in total. The molecule has 2 atom stereocenters. The molecule has 0 radical (unpaired) electrons. The second kappa shape index (κ2) is 2.41. The number of allylic oxidation sites excluding steroid dienone is 2. The van der Waals surface area contributed by atoms with Crippen LogP contribution in [0.25, 0.3) is 0 Å². The molecule has 2 heteroatoms.